The van der Waals surface area contributed by atoms with Gasteiger partial charge in [0.2, 0.25) is 0 Å². The Morgan fingerprint density at radius 2 is 2.29 bits per heavy atom. The van der Waals surface area contributed by atoms with E-state index in [1.54, 1.807) is 11.3 Å². The molecule has 0 aliphatic heterocycles. The van der Waals surface area contributed by atoms with Gasteiger partial charge in [-0.15, -0.1) is 11.3 Å². The molecule has 0 N–H and O–H groups in total. The Morgan fingerprint density at radius 3 is 3.05 bits per heavy atom. The molecule has 1 heterocycles. The molecule has 3 rings (SSSR count). The summed E-state index contributed by atoms with van der Waals surface area (Å²) in [5.74, 6) is 0.732. The summed E-state index contributed by atoms with van der Waals surface area (Å²) in [7, 11) is 0. The van der Waals surface area contributed by atoms with Crippen molar-refractivity contribution in [1.29, 1.82) is 5.26 Å². The molecule has 1 aromatic carbocycles. The fraction of sp³-hybridized carbons (Fsp3) is 0.294. The van der Waals surface area contributed by atoms with Gasteiger partial charge in [-0.25, -0.2) is 4.98 Å². The number of hydrogen-bond donors (Lipinski definition) is 0. The Morgan fingerprint density at radius 1 is 1.48 bits per heavy atom. The maximum atomic E-state index is 9.49. The largest absolute Gasteiger partial charge is 0.240 e. The van der Waals surface area contributed by atoms with Crippen LogP contribution in [0.2, 0.25) is 0 Å². The van der Waals surface area contributed by atoms with Gasteiger partial charge in [0.1, 0.15) is 11.1 Å². The lowest BCUT2D eigenvalue weighted by atomic mass is 9.93. The molecule has 2 aromatic rings. The van der Waals surface area contributed by atoms with E-state index in [0.29, 0.717) is 5.57 Å². The number of nitriles is 1. The zero-order valence-electron chi connectivity index (χ0n) is 11.8. The summed E-state index contributed by atoms with van der Waals surface area (Å²) in [6.07, 6.45) is 5.32. The number of aryl methyl sites for hydroxylation is 1. The highest BCUT2D eigenvalue weighted by atomic mass is 127. The van der Waals surface area contributed by atoms with Crippen LogP contribution in [0.5, 0.6) is 0 Å². The molecule has 0 saturated heterocycles. The van der Waals surface area contributed by atoms with Crippen LogP contribution in [0.15, 0.2) is 24.3 Å². The molecular formula is C17H15IN2S. The van der Waals surface area contributed by atoms with Gasteiger partial charge in [0.05, 0.1) is 11.3 Å². The van der Waals surface area contributed by atoms with E-state index in [0.717, 1.165) is 32.9 Å². The summed E-state index contributed by atoms with van der Waals surface area (Å²) in [4.78, 5) is 6.08. The van der Waals surface area contributed by atoms with Gasteiger partial charge in [0.15, 0.2) is 0 Å². The SMILES string of the molecule is CC1CCc2nc(C(C#N)=Cc3ccccc3I)sc2C1. The molecule has 0 spiro atoms. The molecule has 0 fully saturated rings. The second kappa shape index (κ2) is 6.29. The first kappa shape index (κ1) is 14.7. The molecule has 0 radical (unpaired) electrons. The van der Waals surface area contributed by atoms with Crippen LogP contribution in [-0.4, -0.2) is 4.98 Å². The predicted octanol–water partition coefficient (Wildman–Crippen LogP) is 4.94. The van der Waals surface area contributed by atoms with E-state index in [1.807, 2.05) is 24.3 Å². The van der Waals surface area contributed by atoms with Gasteiger partial charge in [-0.3, -0.25) is 0 Å². The predicted molar refractivity (Wildman–Crippen MR) is 95.9 cm³/mol. The van der Waals surface area contributed by atoms with Crippen molar-refractivity contribution in [3.05, 3.63) is 49.0 Å². The number of nitrogens with zero attached hydrogens (tertiary/aromatic N) is 2. The lowest BCUT2D eigenvalue weighted by Gasteiger charge is -2.15. The van der Waals surface area contributed by atoms with Crippen LogP contribution in [0.1, 0.15) is 34.5 Å². The summed E-state index contributed by atoms with van der Waals surface area (Å²) >= 11 is 3.99. The quantitative estimate of drug-likeness (QED) is 0.524. The van der Waals surface area contributed by atoms with Crippen LogP contribution < -0.4 is 0 Å². The highest BCUT2D eigenvalue weighted by Gasteiger charge is 2.21. The lowest BCUT2D eigenvalue weighted by Crippen LogP contribution is -2.09. The van der Waals surface area contributed by atoms with Crippen molar-refractivity contribution < 1.29 is 0 Å². The molecule has 0 bridgehead atoms. The van der Waals surface area contributed by atoms with E-state index in [2.05, 4.69) is 41.7 Å². The average Bonchev–Trinajstić information content (AvgIpc) is 2.89. The Labute approximate surface area is 142 Å². The Hall–Kier alpha value is -1.19. The van der Waals surface area contributed by atoms with Gasteiger partial charge >= 0.3 is 0 Å². The summed E-state index contributed by atoms with van der Waals surface area (Å²) in [6, 6.07) is 10.4. The van der Waals surface area contributed by atoms with Gasteiger partial charge in [-0.05, 0) is 65.5 Å². The minimum atomic E-state index is 0.672. The number of thiazole rings is 1. The average molecular weight is 406 g/mol. The third-order valence-corrected chi connectivity index (χ3v) is 5.88. The first-order valence-corrected chi connectivity index (χ1v) is 8.92. The number of benzene rings is 1. The van der Waals surface area contributed by atoms with Gasteiger partial charge in [-0.2, -0.15) is 5.26 Å². The fourth-order valence-corrected chi connectivity index (χ4v) is 4.32. The van der Waals surface area contributed by atoms with E-state index >= 15 is 0 Å². The highest BCUT2D eigenvalue weighted by molar-refractivity contribution is 14.1. The molecule has 1 atom stereocenters. The second-order valence-corrected chi connectivity index (χ2v) is 7.67. The van der Waals surface area contributed by atoms with Crippen molar-refractivity contribution in [1.82, 2.24) is 4.98 Å². The van der Waals surface area contributed by atoms with Crippen LogP contribution in [0, 0.1) is 20.8 Å². The molecule has 2 nitrogen and oxygen atoms in total. The summed E-state index contributed by atoms with van der Waals surface area (Å²) in [5, 5.41) is 10.4. The second-order valence-electron chi connectivity index (χ2n) is 5.43. The molecule has 106 valence electrons. The van der Waals surface area contributed by atoms with E-state index in [-0.39, 0.29) is 0 Å². The summed E-state index contributed by atoms with van der Waals surface area (Å²) < 4.78 is 1.15. The van der Waals surface area contributed by atoms with Gasteiger partial charge in [-0.1, -0.05) is 25.1 Å². The van der Waals surface area contributed by atoms with Gasteiger partial charge < -0.3 is 0 Å². The van der Waals surface area contributed by atoms with Crippen LogP contribution in [-0.2, 0) is 12.8 Å². The molecule has 21 heavy (non-hydrogen) atoms. The minimum absolute atomic E-state index is 0.672. The maximum absolute atomic E-state index is 9.49. The minimum Gasteiger partial charge on any atom is -0.240 e. The first-order chi connectivity index (χ1) is 10.2. The maximum Gasteiger partial charge on any atom is 0.134 e. The van der Waals surface area contributed by atoms with E-state index in [1.165, 1.54) is 17.0 Å². The third kappa shape index (κ3) is 3.19. The van der Waals surface area contributed by atoms with Crippen molar-refractivity contribution in [3.63, 3.8) is 0 Å². The molecular weight excluding hydrogens is 391 g/mol. The Kier molecular flexibility index (Phi) is 4.41. The number of rotatable bonds is 2. The van der Waals surface area contributed by atoms with Crippen LogP contribution in [0.4, 0.5) is 0 Å². The van der Waals surface area contributed by atoms with Crippen LogP contribution in [0.25, 0.3) is 11.6 Å². The smallest absolute Gasteiger partial charge is 0.134 e. The zero-order chi connectivity index (χ0) is 14.8. The molecule has 1 unspecified atom stereocenters. The summed E-state index contributed by atoms with van der Waals surface area (Å²) in [5.41, 5.74) is 2.96. The highest BCUT2D eigenvalue weighted by Crippen LogP contribution is 2.33. The van der Waals surface area contributed by atoms with Gasteiger partial charge in [0, 0.05) is 8.45 Å². The number of fused-ring (bicyclic) bond motifs is 1. The van der Waals surface area contributed by atoms with Crippen molar-refractivity contribution in [2.75, 3.05) is 0 Å². The lowest BCUT2D eigenvalue weighted by molar-refractivity contribution is 0.502. The van der Waals surface area contributed by atoms with Crippen molar-refractivity contribution in [3.8, 4) is 6.07 Å². The topological polar surface area (TPSA) is 36.7 Å². The van der Waals surface area contributed by atoms with E-state index in [4.69, 9.17) is 4.98 Å². The standard InChI is InChI=1S/C17H15IN2S/c1-11-6-7-15-16(8-11)21-17(20-15)13(10-19)9-12-4-2-3-5-14(12)18/h2-5,9,11H,6-8H2,1H3. The van der Waals surface area contributed by atoms with E-state index in [9.17, 15) is 5.26 Å². The van der Waals surface area contributed by atoms with Crippen molar-refractivity contribution >= 4 is 45.6 Å². The monoisotopic (exact) mass is 406 g/mol. The van der Waals surface area contributed by atoms with E-state index < -0.39 is 0 Å². The molecule has 1 aliphatic rings. The number of halogens is 1. The van der Waals surface area contributed by atoms with Crippen LogP contribution >= 0.6 is 33.9 Å². The summed E-state index contributed by atoms with van der Waals surface area (Å²) in [6.45, 7) is 2.29. The number of aromatic nitrogens is 1. The van der Waals surface area contributed by atoms with Gasteiger partial charge in [0.25, 0.3) is 0 Å². The fourth-order valence-electron chi connectivity index (χ4n) is 2.54. The Balaban J connectivity index is 1.98. The van der Waals surface area contributed by atoms with Crippen LogP contribution in [0.3, 0.4) is 0 Å². The molecule has 1 aliphatic carbocycles. The number of hydrogen-bond acceptors (Lipinski definition) is 3. The van der Waals surface area contributed by atoms with Crippen molar-refractivity contribution in [2.45, 2.75) is 26.2 Å². The first-order valence-electron chi connectivity index (χ1n) is 7.02. The number of allylic oxidation sites excluding steroid dienone is 1. The Bertz CT molecular complexity index is 739. The normalized spacial score (nSPS) is 18.1. The molecule has 0 amide bonds. The third-order valence-electron chi connectivity index (χ3n) is 3.74. The zero-order valence-corrected chi connectivity index (χ0v) is 14.7. The molecule has 0 saturated carbocycles. The molecule has 1 aromatic heterocycles. The molecule has 4 heteroatoms. The van der Waals surface area contributed by atoms with Crippen molar-refractivity contribution in [2.24, 2.45) is 5.92 Å².